The summed E-state index contributed by atoms with van der Waals surface area (Å²) in [5.74, 6) is 0.119. The minimum atomic E-state index is -0.520. The Labute approximate surface area is 133 Å². The van der Waals surface area contributed by atoms with Gasteiger partial charge in [-0.25, -0.2) is 4.79 Å². The minimum absolute atomic E-state index is 0.119. The molecule has 0 unspecified atom stereocenters. The van der Waals surface area contributed by atoms with Crippen LogP contribution < -0.4 is 5.32 Å². The number of carbonyl (C=O) groups is 2. The first kappa shape index (κ1) is 17.3. The molecule has 0 radical (unpaired) electrons. The topological polar surface area (TPSA) is 58.6 Å². The van der Waals surface area contributed by atoms with Crippen molar-refractivity contribution in [1.82, 2.24) is 10.2 Å². The summed E-state index contributed by atoms with van der Waals surface area (Å²) in [4.78, 5) is 26.3. The second-order valence-corrected chi connectivity index (χ2v) is 7.51. The van der Waals surface area contributed by atoms with E-state index in [-0.39, 0.29) is 17.9 Å². The Hall–Kier alpha value is -1.10. The van der Waals surface area contributed by atoms with Gasteiger partial charge in [0.15, 0.2) is 5.78 Å². The van der Waals surface area contributed by atoms with Crippen LogP contribution in [0.5, 0.6) is 0 Å². The smallest absolute Gasteiger partial charge is 0.410 e. The lowest BCUT2D eigenvalue weighted by Gasteiger charge is -2.28. The van der Waals surface area contributed by atoms with E-state index in [4.69, 9.17) is 4.74 Å². The summed E-state index contributed by atoms with van der Waals surface area (Å²) < 4.78 is 5.41. The highest BCUT2D eigenvalue weighted by atomic mass is 16.6. The second kappa shape index (κ2) is 7.44. The highest BCUT2D eigenvalue weighted by Crippen LogP contribution is 2.22. The lowest BCUT2D eigenvalue weighted by molar-refractivity contribution is -0.122. The summed E-state index contributed by atoms with van der Waals surface area (Å²) in [5.41, 5.74) is -0.520. The van der Waals surface area contributed by atoms with Crippen molar-refractivity contribution in [3.05, 3.63) is 0 Å². The van der Waals surface area contributed by atoms with Crippen LogP contribution in [0.4, 0.5) is 4.79 Å². The van der Waals surface area contributed by atoms with Crippen molar-refractivity contribution in [3.8, 4) is 0 Å². The fourth-order valence-corrected chi connectivity index (χ4v) is 3.31. The average Bonchev–Trinajstić information content (AvgIpc) is 2.93. The van der Waals surface area contributed by atoms with Crippen LogP contribution in [0.1, 0.15) is 65.7 Å². The molecule has 1 saturated carbocycles. The van der Waals surface area contributed by atoms with Crippen molar-refractivity contribution in [1.29, 1.82) is 0 Å². The lowest BCUT2D eigenvalue weighted by Crippen LogP contribution is -2.47. The van der Waals surface area contributed by atoms with Gasteiger partial charge < -0.3 is 10.1 Å². The molecule has 2 rings (SSSR count). The molecule has 5 nitrogen and oxygen atoms in total. The maximum absolute atomic E-state index is 12.5. The molecule has 126 valence electrons. The first-order valence-electron chi connectivity index (χ1n) is 8.62. The Morgan fingerprint density at radius 1 is 1.09 bits per heavy atom. The van der Waals surface area contributed by atoms with Gasteiger partial charge in [0, 0.05) is 12.6 Å². The molecular formula is C17H30N2O3. The molecule has 1 heterocycles. The number of amides is 1. The van der Waals surface area contributed by atoms with Gasteiger partial charge in [-0.05, 0) is 46.5 Å². The van der Waals surface area contributed by atoms with Gasteiger partial charge in [0.2, 0.25) is 0 Å². The van der Waals surface area contributed by atoms with Crippen molar-refractivity contribution < 1.29 is 14.3 Å². The summed E-state index contributed by atoms with van der Waals surface area (Å²) in [6, 6.07) is 0.153. The quantitative estimate of drug-likeness (QED) is 0.867. The monoisotopic (exact) mass is 310 g/mol. The van der Waals surface area contributed by atoms with Gasteiger partial charge in [0.25, 0.3) is 0 Å². The summed E-state index contributed by atoms with van der Waals surface area (Å²) >= 11 is 0. The molecule has 0 aromatic carbocycles. The van der Waals surface area contributed by atoms with E-state index in [1.54, 1.807) is 4.90 Å². The SMILES string of the molecule is CC(C)(C)OC(=O)N1CCC[C@H]1C(=O)CNC1CCCCC1. The largest absolute Gasteiger partial charge is 0.444 e. The average molecular weight is 310 g/mol. The zero-order chi connectivity index (χ0) is 16.2. The molecule has 0 aromatic rings. The zero-order valence-corrected chi connectivity index (χ0v) is 14.2. The van der Waals surface area contributed by atoms with Crippen molar-refractivity contribution in [2.24, 2.45) is 0 Å². The van der Waals surface area contributed by atoms with Crippen molar-refractivity contribution >= 4 is 11.9 Å². The van der Waals surface area contributed by atoms with Gasteiger partial charge in [-0.1, -0.05) is 19.3 Å². The van der Waals surface area contributed by atoms with E-state index < -0.39 is 5.60 Å². The van der Waals surface area contributed by atoms with Crippen LogP contribution >= 0.6 is 0 Å². The van der Waals surface area contributed by atoms with E-state index in [1.807, 2.05) is 20.8 Å². The van der Waals surface area contributed by atoms with Gasteiger partial charge >= 0.3 is 6.09 Å². The molecule has 5 heteroatoms. The first-order valence-corrected chi connectivity index (χ1v) is 8.62. The fourth-order valence-electron chi connectivity index (χ4n) is 3.31. The zero-order valence-electron chi connectivity index (χ0n) is 14.2. The Morgan fingerprint density at radius 3 is 2.41 bits per heavy atom. The summed E-state index contributed by atoms with van der Waals surface area (Å²) in [6.45, 7) is 6.54. The minimum Gasteiger partial charge on any atom is -0.444 e. The molecule has 1 amide bonds. The number of ketones is 1. The van der Waals surface area contributed by atoms with E-state index >= 15 is 0 Å². The van der Waals surface area contributed by atoms with E-state index in [2.05, 4.69) is 5.32 Å². The standard InChI is InChI=1S/C17H30N2O3/c1-17(2,3)22-16(21)19-11-7-10-14(19)15(20)12-18-13-8-5-4-6-9-13/h13-14,18H,4-12H2,1-3H3/t14-/m0/s1. The van der Waals surface area contributed by atoms with Crippen LogP contribution in [0.3, 0.4) is 0 Å². The van der Waals surface area contributed by atoms with E-state index in [9.17, 15) is 9.59 Å². The fraction of sp³-hybridized carbons (Fsp3) is 0.882. The van der Waals surface area contributed by atoms with Crippen molar-refractivity contribution in [2.45, 2.75) is 83.4 Å². The molecular weight excluding hydrogens is 280 g/mol. The van der Waals surface area contributed by atoms with Gasteiger partial charge in [-0.15, -0.1) is 0 Å². The van der Waals surface area contributed by atoms with Crippen LogP contribution in [0, 0.1) is 0 Å². The van der Waals surface area contributed by atoms with Gasteiger partial charge in [-0.2, -0.15) is 0 Å². The number of rotatable bonds is 4. The maximum Gasteiger partial charge on any atom is 0.410 e. The Morgan fingerprint density at radius 2 is 1.77 bits per heavy atom. The molecule has 2 fully saturated rings. The van der Waals surface area contributed by atoms with Gasteiger partial charge in [0.05, 0.1) is 12.6 Å². The molecule has 2 aliphatic rings. The van der Waals surface area contributed by atoms with Crippen LogP contribution in [-0.4, -0.2) is 47.6 Å². The number of nitrogens with zero attached hydrogens (tertiary/aromatic N) is 1. The molecule has 1 aliphatic heterocycles. The molecule has 1 aliphatic carbocycles. The summed E-state index contributed by atoms with van der Waals surface area (Å²) in [5, 5.41) is 3.38. The number of ether oxygens (including phenoxy) is 1. The number of nitrogens with one attached hydrogen (secondary N) is 1. The third-order valence-electron chi connectivity index (χ3n) is 4.42. The van der Waals surface area contributed by atoms with Crippen LogP contribution in [0.25, 0.3) is 0 Å². The number of hydrogen-bond acceptors (Lipinski definition) is 4. The second-order valence-electron chi connectivity index (χ2n) is 7.51. The van der Waals surface area contributed by atoms with E-state index in [0.29, 0.717) is 19.1 Å². The van der Waals surface area contributed by atoms with E-state index in [0.717, 1.165) is 25.7 Å². The first-order chi connectivity index (χ1) is 10.4. The van der Waals surface area contributed by atoms with E-state index in [1.165, 1.54) is 19.3 Å². The predicted molar refractivity (Wildman–Crippen MR) is 85.8 cm³/mol. The molecule has 22 heavy (non-hydrogen) atoms. The van der Waals surface area contributed by atoms with Gasteiger partial charge in [0.1, 0.15) is 5.60 Å². The van der Waals surface area contributed by atoms with Crippen LogP contribution in [-0.2, 0) is 9.53 Å². The Bertz CT molecular complexity index is 397. The van der Waals surface area contributed by atoms with Gasteiger partial charge in [-0.3, -0.25) is 9.69 Å². The normalized spacial score (nSPS) is 23.6. The highest BCUT2D eigenvalue weighted by molar-refractivity contribution is 5.89. The molecule has 1 atom stereocenters. The Balaban J connectivity index is 1.83. The number of likely N-dealkylation sites (tertiary alicyclic amines) is 1. The van der Waals surface area contributed by atoms with Crippen LogP contribution in [0.2, 0.25) is 0 Å². The third-order valence-corrected chi connectivity index (χ3v) is 4.42. The maximum atomic E-state index is 12.5. The Kier molecular flexibility index (Phi) is 5.84. The molecule has 1 saturated heterocycles. The number of hydrogen-bond donors (Lipinski definition) is 1. The number of carbonyl (C=O) groups excluding carboxylic acids is 2. The highest BCUT2D eigenvalue weighted by Gasteiger charge is 2.36. The molecule has 1 N–H and O–H groups in total. The van der Waals surface area contributed by atoms with Crippen LogP contribution in [0.15, 0.2) is 0 Å². The molecule has 0 spiro atoms. The van der Waals surface area contributed by atoms with Crippen molar-refractivity contribution in [3.63, 3.8) is 0 Å². The lowest BCUT2D eigenvalue weighted by atomic mass is 9.95. The summed E-state index contributed by atoms with van der Waals surface area (Å²) in [7, 11) is 0. The third kappa shape index (κ3) is 4.97. The molecule has 0 aromatic heterocycles. The molecule has 0 bridgehead atoms. The number of Topliss-reactive ketones (excluding diaryl/α,β-unsaturated/α-hetero) is 1. The summed E-state index contributed by atoms with van der Waals surface area (Å²) in [6.07, 6.45) is 7.39. The predicted octanol–water partition coefficient (Wildman–Crippen LogP) is 2.88. The van der Waals surface area contributed by atoms with Crippen molar-refractivity contribution in [2.75, 3.05) is 13.1 Å².